The molecule has 0 bridgehead atoms. The number of carboxylic acid groups (broad SMARTS) is 1. The summed E-state index contributed by atoms with van der Waals surface area (Å²) >= 11 is 0. The Hall–Kier alpha value is -2.05. The van der Waals surface area contributed by atoms with Crippen molar-refractivity contribution in [3.63, 3.8) is 0 Å². The third kappa shape index (κ3) is 1.83. The summed E-state index contributed by atoms with van der Waals surface area (Å²) in [6, 6.07) is 2.94. The number of hydrogen-bond acceptors (Lipinski definition) is 2. The Morgan fingerprint density at radius 2 is 2.06 bits per heavy atom. The zero-order valence-corrected chi connectivity index (χ0v) is 8.62. The number of halogens is 3. The van der Waals surface area contributed by atoms with Crippen molar-refractivity contribution in [2.75, 3.05) is 0 Å². The van der Waals surface area contributed by atoms with Crippen LogP contribution in [0.3, 0.4) is 0 Å². The van der Waals surface area contributed by atoms with Gasteiger partial charge in [0, 0.05) is 7.05 Å². The van der Waals surface area contributed by atoms with Crippen LogP contribution in [0.4, 0.5) is 13.2 Å². The number of nitrogens with zero attached hydrogens (tertiary/aromatic N) is 2. The molecule has 0 saturated heterocycles. The van der Waals surface area contributed by atoms with E-state index in [1.165, 1.54) is 17.7 Å². The largest absolute Gasteiger partial charge is 0.475 e. The Morgan fingerprint density at radius 1 is 1.41 bits per heavy atom. The smallest absolute Gasteiger partial charge is 0.416 e. The number of carbonyl (C=O) groups is 1. The van der Waals surface area contributed by atoms with Gasteiger partial charge >= 0.3 is 12.1 Å². The fourth-order valence-corrected chi connectivity index (χ4v) is 1.57. The number of rotatable bonds is 1. The maximum absolute atomic E-state index is 12.4. The van der Waals surface area contributed by atoms with Gasteiger partial charge in [-0.2, -0.15) is 13.2 Å². The van der Waals surface area contributed by atoms with Crippen molar-refractivity contribution in [3.8, 4) is 0 Å². The minimum absolute atomic E-state index is 0.0136. The highest BCUT2D eigenvalue weighted by Crippen LogP contribution is 2.31. The Balaban J connectivity index is 2.68. The molecular weight excluding hydrogens is 237 g/mol. The molecule has 0 atom stereocenters. The molecule has 0 aliphatic heterocycles. The van der Waals surface area contributed by atoms with Crippen LogP contribution in [0.25, 0.3) is 11.0 Å². The van der Waals surface area contributed by atoms with E-state index in [9.17, 15) is 18.0 Å². The van der Waals surface area contributed by atoms with Crippen LogP contribution >= 0.6 is 0 Å². The molecule has 2 aromatic rings. The van der Waals surface area contributed by atoms with Crippen molar-refractivity contribution in [1.82, 2.24) is 9.55 Å². The summed E-state index contributed by atoms with van der Waals surface area (Å²) in [7, 11) is 1.44. The maximum atomic E-state index is 12.4. The lowest BCUT2D eigenvalue weighted by Crippen LogP contribution is -2.05. The molecule has 1 heterocycles. The molecule has 0 radical (unpaired) electrons. The van der Waals surface area contributed by atoms with E-state index in [2.05, 4.69) is 4.98 Å². The van der Waals surface area contributed by atoms with E-state index in [0.29, 0.717) is 5.52 Å². The minimum atomic E-state index is -4.46. The van der Waals surface area contributed by atoms with E-state index < -0.39 is 17.7 Å². The fourth-order valence-electron chi connectivity index (χ4n) is 1.57. The predicted octanol–water partition coefficient (Wildman–Crippen LogP) is 2.29. The number of imidazole rings is 1. The van der Waals surface area contributed by atoms with Gasteiger partial charge in [-0.3, -0.25) is 0 Å². The molecule has 2 rings (SSSR count). The highest BCUT2D eigenvalue weighted by molar-refractivity contribution is 5.89. The fraction of sp³-hybridized carbons (Fsp3) is 0.200. The Morgan fingerprint density at radius 3 is 2.59 bits per heavy atom. The van der Waals surface area contributed by atoms with Crippen LogP contribution in [0.5, 0.6) is 0 Å². The predicted molar refractivity (Wildman–Crippen MR) is 52.7 cm³/mol. The highest BCUT2D eigenvalue weighted by Gasteiger charge is 2.31. The molecule has 1 aromatic carbocycles. The van der Waals surface area contributed by atoms with Crippen molar-refractivity contribution in [3.05, 3.63) is 29.6 Å². The molecule has 17 heavy (non-hydrogen) atoms. The van der Waals surface area contributed by atoms with Crippen molar-refractivity contribution >= 4 is 17.0 Å². The highest BCUT2D eigenvalue weighted by atomic mass is 19.4. The average molecular weight is 244 g/mol. The lowest BCUT2D eigenvalue weighted by molar-refractivity contribution is -0.137. The van der Waals surface area contributed by atoms with Crippen LogP contribution in [-0.2, 0) is 13.2 Å². The van der Waals surface area contributed by atoms with Gasteiger partial charge in [0.25, 0.3) is 0 Å². The first-order valence-corrected chi connectivity index (χ1v) is 4.57. The quantitative estimate of drug-likeness (QED) is 0.837. The molecule has 0 aliphatic rings. The van der Waals surface area contributed by atoms with Gasteiger partial charge in [0.1, 0.15) is 0 Å². The Labute approximate surface area is 93.3 Å². The van der Waals surface area contributed by atoms with Crippen molar-refractivity contribution in [1.29, 1.82) is 0 Å². The summed E-state index contributed by atoms with van der Waals surface area (Å²) in [5.74, 6) is -1.57. The van der Waals surface area contributed by atoms with E-state index >= 15 is 0 Å². The first-order valence-electron chi connectivity index (χ1n) is 4.57. The van der Waals surface area contributed by atoms with Gasteiger partial charge < -0.3 is 9.67 Å². The molecule has 0 saturated carbocycles. The zero-order valence-electron chi connectivity index (χ0n) is 8.62. The van der Waals surface area contributed by atoms with Gasteiger partial charge in [-0.1, -0.05) is 0 Å². The molecule has 0 fully saturated rings. The van der Waals surface area contributed by atoms with E-state index in [-0.39, 0.29) is 11.3 Å². The lowest BCUT2D eigenvalue weighted by atomic mass is 10.2. The van der Waals surface area contributed by atoms with Crippen LogP contribution in [-0.4, -0.2) is 20.6 Å². The third-order valence-corrected chi connectivity index (χ3v) is 2.40. The van der Waals surface area contributed by atoms with E-state index in [1.807, 2.05) is 0 Å². The Kier molecular flexibility index (Phi) is 2.34. The number of carboxylic acids is 1. The van der Waals surface area contributed by atoms with E-state index in [4.69, 9.17) is 5.11 Å². The molecule has 90 valence electrons. The summed E-state index contributed by atoms with van der Waals surface area (Å²) in [4.78, 5) is 14.4. The summed E-state index contributed by atoms with van der Waals surface area (Å²) in [6.45, 7) is 0. The SMILES string of the molecule is Cn1c(C(=O)O)nc2cc(C(F)(F)F)ccc21. The number of aromatic carboxylic acids is 1. The number of fused-ring (bicyclic) bond motifs is 1. The first-order chi connectivity index (χ1) is 7.80. The van der Waals surface area contributed by atoms with Gasteiger partial charge in [-0.05, 0) is 18.2 Å². The standard InChI is InChI=1S/C10H7F3N2O2/c1-15-7-3-2-5(10(11,12)13)4-6(7)14-8(15)9(16)17/h2-4H,1H3,(H,16,17). The van der Waals surface area contributed by atoms with Gasteiger partial charge in [0.15, 0.2) is 0 Å². The van der Waals surface area contributed by atoms with Gasteiger partial charge in [-0.25, -0.2) is 9.78 Å². The van der Waals surface area contributed by atoms with Gasteiger partial charge in [0.2, 0.25) is 5.82 Å². The molecule has 4 nitrogen and oxygen atoms in total. The number of benzene rings is 1. The van der Waals surface area contributed by atoms with Gasteiger partial charge in [-0.15, -0.1) is 0 Å². The van der Waals surface area contributed by atoms with E-state index in [0.717, 1.165) is 12.1 Å². The molecule has 1 N–H and O–H groups in total. The van der Waals surface area contributed by atoms with Crippen LogP contribution in [0.2, 0.25) is 0 Å². The summed E-state index contributed by atoms with van der Waals surface area (Å²) < 4.78 is 38.5. The zero-order chi connectivity index (χ0) is 12.8. The summed E-state index contributed by atoms with van der Waals surface area (Å²) in [5, 5.41) is 8.79. The van der Waals surface area contributed by atoms with Crippen molar-refractivity contribution in [2.24, 2.45) is 7.05 Å². The van der Waals surface area contributed by atoms with E-state index in [1.54, 1.807) is 0 Å². The number of hydrogen-bond donors (Lipinski definition) is 1. The third-order valence-electron chi connectivity index (χ3n) is 2.40. The monoisotopic (exact) mass is 244 g/mol. The normalized spacial score (nSPS) is 12.0. The van der Waals surface area contributed by atoms with Gasteiger partial charge in [0.05, 0.1) is 16.6 Å². The molecule has 1 aromatic heterocycles. The summed E-state index contributed by atoms with van der Waals surface area (Å²) in [5.41, 5.74) is -0.491. The van der Waals surface area contributed by atoms with Crippen LogP contribution < -0.4 is 0 Å². The molecule has 7 heteroatoms. The van der Waals surface area contributed by atoms with Crippen molar-refractivity contribution < 1.29 is 23.1 Å². The second kappa shape index (κ2) is 3.47. The Bertz CT molecular complexity index is 601. The first kappa shape index (κ1) is 11.4. The molecule has 0 unspecified atom stereocenters. The summed E-state index contributed by atoms with van der Waals surface area (Å²) in [6.07, 6.45) is -4.46. The van der Waals surface area contributed by atoms with Crippen LogP contribution in [0, 0.1) is 0 Å². The van der Waals surface area contributed by atoms with Crippen LogP contribution in [0.1, 0.15) is 16.2 Å². The second-order valence-electron chi connectivity index (χ2n) is 3.50. The molecular formula is C10H7F3N2O2. The molecule has 0 spiro atoms. The maximum Gasteiger partial charge on any atom is 0.416 e. The molecule has 0 amide bonds. The lowest BCUT2D eigenvalue weighted by Gasteiger charge is -2.05. The number of aryl methyl sites for hydroxylation is 1. The van der Waals surface area contributed by atoms with Crippen LogP contribution in [0.15, 0.2) is 18.2 Å². The number of alkyl halides is 3. The topological polar surface area (TPSA) is 55.1 Å². The average Bonchev–Trinajstić information content (AvgIpc) is 2.54. The second-order valence-corrected chi connectivity index (χ2v) is 3.50. The van der Waals surface area contributed by atoms with Crippen molar-refractivity contribution in [2.45, 2.75) is 6.18 Å². The number of aromatic nitrogens is 2. The minimum Gasteiger partial charge on any atom is -0.475 e. The molecule has 0 aliphatic carbocycles.